The maximum atomic E-state index is 8.65. The molecule has 0 aliphatic heterocycles. The number of hydrogen-bond acceptors (Lipinski definition) is 5. The third kappa shape index (κ3) is 4.49. The molecule has 0 saturated carbocycles. The number of methoxy groups -OCH3 is 1. The third-order valence-corrected chi connectivity index (χ3v) is 2.93. The molecule has 1 heterocycles. The molecule has 1 aromatic heterocycles. The molecule has 0 bridgehead atoms. The summed E-state index contributed by atoms with van der Waals surface area (Å²) in [5.74, 6) is 1.34. The van der Waals surface area contributed by atoms with Crippen molar-refractivity contribution in [2.24, 2.45) is 5.16 Å². The average Bonchev–Trinajstić information content (AvgIpc) is 2.54. The van der Waals surface area contributed by atoms with Gasteiger partial charge in [0.15, 0.2) is 0 Å². The number of ether oxygens (including phenoxy) is 2. The van der Waals surface area contributed by atoms with Gasteiger partial charge in [-0.15, -0.1) is 0 Å². The Labute approximate surface area is 123 Å². The van der Waals surface area contributed by atoms with E-state index in [0.717, 1.165) is 17.0 Å². The van der Waals surface area contributed by atoms with Crippen LogP contribution in [0.15, 0.2) is 47.6 Å². The smallest absolute Gasteiger partial charge is 0.213 e. The number of nitrogens with zero attached hydrogens (tertiary/aromatic N) is 2. The second-order valence-corrected chi connectivity index (χ2v) is 4.62. The van der Waals surface area contributed by atoms with Crippen LogP contribution in [0.5, 0.6) is 11.6 Å². The summed E-state index contributed by atoms with van der Waals surface area (Å²) < 4.78 is 10.8. The fourth-order valence-electron chi connectivity index (χ4n) is 1.84. The molecule has 0 unspecified atom stereocenters. The van der Waals surface area contributed by atoms with Gasteiger partial charge in [0.25, 0.3) is 0 Å². The maximum Gasteiger partial charge on any atom is 0.213 e. The van der Waals surface area contributed by atoms with Gasteiger partial charge < -0.3 is 14.7 Å². The van der Waals surface area contributed by atoms with E-state index in [0.29, 0.717) is 24.6 Å². The van der Waals surface area contributed by atoms with E-state index in [2.05, 4.69) is 10.1 Å². The van der Waals surface area contributed by atoms with Crippen molar-refractivity contribution in [1.82, 2.24) is 4.98 Å². The molecule has 0 aliphatic rings. The summed E-state index contributed by atoms with van der Waals surface area (Å²) in [5.41, 5.74) is 2.54. The SMILES string of the molecule is COc1cccc(COc2ccc(C/C(C)=N/O)cc2)n1. The second kappa shape index (κ2) is 7.28. The van der Waals surface area contributed by atoms with Crippen LogP contribution in [0.25, 0.3) is 0 Å². The second-order valence-electron chi connectivity index (χ2n) is 4.62. The summed E-state index contributed by atoms with van der Waals surface area (Å²) in [7, 11) is 1.59. The fraction of sp³-hybridized carbons (Fsp3) is 0.250. The summed E-state index contributed by atoms with van der Waals surface area (Å²) in [6.45, 7) is 2.16. The van der Waals surface area contributed by atoms with Crippen molar-refractivity contribution < 1.29 is 14.7 Å². The highest BCUT2D eigenvalue weighted by Crippen LogP contribution is 2.15. The normalized spacial score (nSPS) is 11.2. The average molecular weight is 286 g/mol. The zero-order valence-corrected chi connectivity index (χ0v) is 12.1. The first-order valence-corrected chi connectivity index (χ1v) is 6.60. The summed E-state index contributed by atoms with van der Waals surface area (Å²) in [6.07, 6.45) is 0.619. The Morgan fingerprint density at radius 3 is 2.62 bits per heavy atom. The molecule has 21 heavy (non-hydrogen) atoms. The lowest BCUT2D eigenvalue weighted by Crippen LogP contribution is -2.00. The highest BCUT2D eigenvalue weighted by molar-refractivity contribution is 5.83. The molecule has 5 heteroatoms. The standard InChI is InChI=1S/C16H18N2O3/c1-12(18-19)10-13-6-8-15(9-7-13)21-11-14-4-3-5-16(17-14)20-2/h3-9,19H,10-11H2,1-2H3/b18-12+. The summed E-state index contributed by atoms with van der Waals surface area (Å²) in [4.78, 5) is 4.28. The van der Waals surface area contributed by atoms with Crippen LogP contribution in [0, 0.1) is 0 Å². The van der Waals surface area contributed by atoms with Gasteiger partial charge in [-0.2, -0.15) is 0 Å². The molecule has 0 fully saturated rings. The predicted molar refractivity (Wildman–Crippen MR) is 80.2 cm³/mol. The lowest BCUT2D eigenvalue weighted by Gasteiger charge is -2.07. The molecule has 2 rings (SSSR count). The Kier molecular flexibility index (Phi) is 5.15. The number of aromatic nitrogens is 1. The van der Waals surface area contributed by atoms with Gasteiger partial charge in [-0.3, -0.25) is 0 Å². The Morgan fingerprint density at radius 2 is 1.95 bits per heavy atom. The van der Waals surface area contributed by atoms with E-state index in [1.54, 1.807) is 20.1 Å². The summed E-state index contributed by atoms with van der Waals surface area (Å²) in [5, 5.41) is 11.8. The van der Waals surface area contributed by atoms with Crippen molar-refractivity contribution in [1.29, 1.82) is 0 Å². The minimum atomic E-state index is 0.383. The van der Waals surface area contributed by atoms with Crippen LogP contribution in [0.1, 0.15) is 18.2 Å². The van der Waals surface area contributed by atoms with Crippen molar-refractivity contribution in [2.45, 2.75) is 20.0 Å². The van der Waals surface area contributed by atoms with Gasteiger partial charge >= 0.3 is 0 Å². The first-order valence-electron chi connectivity index (χ1n) is 6.60. The van der Waals surface area contributed by atoms with Crippen LogP contribution in [0.4, 0.5) is 0 Å². The maximum absolute atomic E-state index is 8.65. The van der Waals surface area contributed by atoms with Crippen molar-refractivity contribution >= 4 is 5.71 Å². The number of rotatable bonds is 6. The van der Waals surface area contributed by atoms with Crippen molar-refractivity contribution in [3.8, 4) is 11.6 Å². The largest absolute Gasteiger partial charge is 0.487 e. The van der Waals surface area contributed by atoms with E-state index in [1.807, 2.05) is 36.4 Å². The zero-order chi connectivity index (χ0) is 15.1. The number of oxime groups is 1. The Morgan fingerprint density at radius 1 is 1.19 bits per heavy atom. The number of hydrogen-bond donors (Lipinski definition) is 1. The van der Waals surface area contributed by atoms with Gasteiger partial charge in [-0.05, 0) is 30.7 Å². The first kappa shape index (κ1) is 14.8. The molecular weight excluding hydrogens is 268 g/mol. The number of benzene rings is 1. The molecule has 0 amide bonds. The van der Waals surface area contributed by atoms with E-state index in [4.69, 9.17) is 14.7 Å². The number of pyridine rings is 1. The molecule has 5 nitrogen and oxygen atoms in total. The van der Waals surface area contributed by atoms with Crippen LogP contribution in [0.2, 0.25) is 0 Å². The zero-order valence-electron chi connectivity index (χ0n) is 12.1. The van der Waals surface area contributed by atoms with Crippen LogP contribution >= 0.6 is 0 Å². The highest BCUT2D eigenvalue weighted by Gasteiger charge is 2.01. The first-order chi connectivity index (χ1) is 10.2. The highest BCUT2D eigenvalue weighted by atomic mass is 16.5. The minimum Gasteiger partial charge on any atom is -0.487 e. The fourth-order valence-corrected chi connectivity index (χ4v) is 1.84. The van der Waals surface area contributed by atoms with Crippen LogP contribution < -0.4 is 9.47 Å². The van der Waals surface area contributed by atoms with Crippen molar-refractivity contribution in [3.05, 3.63) is 53.7 Å². The molecular formula is C16H18N2O3. The van der Waals surface area contributed by atoms with E-state index < -0.39 is 0 Å². The lowest BCUT2D eigenvalue weighted by molar-refractivity contribution is 0.298. The Hall–Kier alpha value is -2.56. The van der Waals surface area contributed by atoms with Gasteiger partial charge in [0, 0.05) is 12.5 Å². The Bertz CT molecular complexity index is 609. The summed E-state index contributed by atoms with van der Waals surface area (Å²) >= 11 is 0. The van der Waals surface area contributed by atoms with Gasteiger partial charge in [0.2, 0.25) is 5.88 Å². The van der Waals surface area contributed by atoms with Crippen LogP contribution in [-0.4, -0.2) is 23.0 Å². The van der Waals surface area contributed by atoms with E-state index in [-0.39, 0.29) is 0 Å². The van der Waals surface area contributed by atoms with Gasteiger partial charge in [-0.25, -0.2) is 4.98 Å². The monoisotopic (exact) mass is 286 g/mol. The molecule has 1 N–H and O–H groups in total. The molecule has 1 aromatic carbocycles. The molecule has 0 radical (unpaired) electrons. The molecule has 0 spiro atoms. The molecule has 0 saturated heterocycles. The topological polar surface area (TPSA) is 63.9 Å². The van der Waals surface area contributed by atoms with E-state index in [1.165, 1.54) is 0 Å². The Balaban J connectivity index is 1.94. The minimum absolute atomic E-state index is 0.383. The van der Waals surface area contributed by atoms with E-state index in [9.17, 15) is 0 Å². The third-order valence-electron chi connectivity index (χ3n) is 2.93. The summed E-state index contributed by atoms with van der Waals surface area (Å²) in [6, 6.07) is 13.2. The quantitative estimate of drug-likeness (QED) is 0.503. The molecule has 0 aliphatic carbocycles. The van der Waals surface area contributed by atoms with Crippen LogP contribution in [0.3, 0.4) is 0 Å². The van der Waals surface area contributed by atoms with Crippen molar-refractivity contribution in [3.63, 3.8) is 0 Å². The molecule has 0 atom stereocenters. The molecule has 110 valence electrons. The lowest BCUT2D eigenvalue weighted by atomic mass is 10.1. The van der Waals surface area contributed by atoms with Gasteiger partial charge in [0.05, 0.1) is 18.5 Å². The predicted octanol–water partition coefficient (Wildman–Crippen LogP) is 3.06. The van der Waals surface area contributed by atoms with Crippen LogP contribution in [-0.2, 0) is 13.0 Å². The molecule has 2 aromatic rings. The van der Waals surface area contributed by atoms with Crippen molar-refractivity contribution in [2.75, 3.05) is 7.11 Å². The van der Waals surface area contributed by atoms with E-state index >= 15 is 0 Å². The van der Waals surface area contributed by atoms with Gasteiger partial charge in [0.1, 0.15) is 12.4 Å². The van der Waals surface area contributed by atoms with Gasteiger partial charge in [-0.1, -0.05) is 23.4 Å².